The van der Waals surface area contributed by atoms with Gasteiger partial charge >= 0.3 is 0 Å². The minimum absolute atomic E-state index is 0.182. The zero-order valence-electron chi connectivity index (χ0n) is 18.1. The quantitative estimate of drug-likeness (QED) is 0.391. The van der Waals surface area contributed by atoms with E-state index in [2.05, 4.69) is 39.4 Å². The number of hydrogen-bond donors (Lipinski definition) is 4. The Kier molecular flexibility index (Phi) is 6.66. The molecule has 8 heteroatoms. The van der Waals surface area contributed by atoms with Gasteiger partial charge in [-0.05, 0) is 52.8 Å². The molecule has 4 N–H and O–H groups in total. The number of ether oxygens (including phenoxy) is 1. The van der Waals surface area contributed by atoms with Gasteiger partial charge in [-0.3, -0.25) is 0 Å². The molecule has 158 valence electrons. The van der Waals surface area contributed by atoms with Crippen molar-refractivity contribution >= 4 is 17.1 Å². The number of aromatic amines is 1. The van der Waals surface area contributed by atoms with Gasteiger partial charge in [-0.1, -0.05) is 0 Å². The summed E-state index contributed by atoms with van der Waals surface area (Å²) in [4.78, 5) is 16.7. The lowest BCUT2D eigenvalue weighted by Crippen LogP contribution is -2.17. The van der Waals surface area contributed by atoms with Crippen molar-refractivity contribution < 1.29 is 4.74 Å². The van der Waals surface area contributed by atoms with Crippen LogP contribution in [0.15, 0.2) is 30.6 Å². The number of nitrogens with one attached hydrogen (secondary N) is 4. The highest BCUT2D eigenvalue weighted by Gasteiger charge is 2.18. The Labute approximate surface area is 177 Å². The molecule has 0 unspecified atom stereocenters. The first-order chi connectivity index (χ1) is 14.4. The van der Waals surface area contributed by atoms with Crippen LogP contribution in [0.25, 0.3) is 11.3 Å². The van der Waals surface area contributed by atoms with Gasteiger partial charge in [0.1, 0.15) is 11.5 Å². The fraction of sp³-hybridized carbons (Fsp3) is 0.364. The molecule has 3 aromatic heterocycles. The molecule has 8 nitrogen and oxygen atoms in total. The molecule has 0 bridgehead atoms. The van der Waals surface area contributed by atoms with E-state index in [1.54, 1.807) is 13.1 Å². The van der Waals surface area contributed by atoms with Crippen LogP contribution in [0.3, 0.4) is 0 Å². The number of anilines is 2. The van der Waals surface area contributed by atoms with Crippen molar-refractivity contribution in [2.75, 3.05) is 17.2 Å². The van der Waals surface area contributed by atoms with Crippen LogP contribution in [0, 0.1) is 12.3 Å². The monoisotopic (exact) mass is 407 g/mol. The third-order valence-electron chi connectivity index (χ3n) is 4.35. The molecular weight excluding hydrogens is 378 g/mol. The van der Waals surface area contributed by atoms with Gasteiger partial charge in [-0.25, -0.2) is 15.0 Å². The second kappa shape index (κ2) is 9.39. The van der Waals surface area contributed by atoms with Crippen LogP contribution in [0.2, 0.25) is 0 Å². The van der Waals surface area contributed by atoms with E-state index in [-0.39, 0.29) is 6.04 Å². The first kappa shape index (κ1) is 21.3. The number of H-pyrrole nitrogens is 1. The summed E-state index contributed by atoms with van der Waals surface area (Å²) in [5.41, 5.74) is 5.01. The summed E-state index contributed by atoms with van der Waals surface area (Å²) in [6.07, 6.45) is 3.59. The third-order valence-corrected chi connectivity index (χ3v) is 4.35. The Hall–Kier alpha value is -3.42. The smallest absolute Gasteiger partial charge is 0.222 e. The standard InChI is InChI=1S/C22H29N7O/c1-6-30-22-17(8-7-9-24-22)18-10-19(26-12-16-11-25-15(5)28-16)21(27-13(2)3)20(29-18)14(4)23/h7-11,13,23,27H,6,12H2,1-5H3,(H,25,28)(H,26,29). The number of aromatic nitrogens is 4. The second-order valence-corrected chi connectivity index (χ2v) is 7.32. The number of pyridine rings is 2. The zero-order valence-corrected chi connectivity index (χ0v) is 18.1. The maximum Gasteiger partial charge on any atom is 0.222 e. The van der Waals surface area contributed by atoms with Crippen molar-refractivity contribution in [3.63, 3.8) is 0 Å². The van der Waals surface area contributed by atoms with Crippen LogP contribution in [0.5, 0.6) is 5.88 Å². The molecule has 0 saturated carbocycles. The molecule has 0 aliphatic carbocycles. The summed E-state index contributed by atoms with van der Waals surface area (Å²) < 4.78 is 5.70. The van der Waals surface area contributed by atoms with Crippen molar-refractivity contribution in [2.45, 2.75) is 47.2 Å². The fourth-order valence-corrected chi connectivity index (χ4v) is 3.11. The maximum absolute atomic E-state index is 8.32. The van der Waals surface area contributed by atoms with Gasteiger partial charge < -0.3 is 25.8 Å². The number of rotatable bonds is 9. The van der Waals surface area contributed by atoms with Crippen molar-refractivity contribution in [1.29, 1.82) is 5.41 Å². The van der Waals surface area contributed by atoms with Crippen molar-refractivity contribution in [3.8, 4) is 17.1 Å². The third kappa shape index (κ3) is 4.94. The van der Waals surface area contributed by atoms with Crippen LogP contribution >= 0.6 is 0 Å². The Morgan fingerprint density at radius 3 is 2.73 bits per heavy atom. The lowest BCUT2D eigenvalue weighted by molar-refractivity contribution is 0.328. The summed E-state index contributed by atoms with van der Waals surface area (Å²) in [6, 6.07) is 5.94. The van der Waals surface area contributed by atoms with E-state index in [0.717, 1.165) is 28.5 Å². The molecular formula is C22H29N7O. The van der Waals surface area contributed by atoms with Gasteiger partial charge in [0.2, 0.25) is 5.88 Å². The first-order valence-corrected chi connectivity index (χ1v) is 10.1. The molecule has 0 aliphatic rings. The fourth-order valence-electron chi connectivity index (χ4n) is 3.11. The Morgan fingerprint density at radius 1 is 1.30 bits per heavy atom. The predicted molar refractivity (Wildman–Crippen MR) is 121 cm³/mol. The lowest BCUT2D eigenvalue weighted by atomic mass is 10.1. The molecule has 30 heavy (non-hydrogen) atoms. The molecule has 0 aromatic carbocycles. The maximum atomic E-state index is 8.32. The van der Waals surface area contributed by atoms with Crippen LogP contribution in [-0.4, -0.2) is 38.3 Å². The van der Waals surface area contributed by atoms with E-state index < -0.39 is 0 Å². The van der Waals surface area contributed by atoms with E-state index in [4.69, 9.17) is 15.1 Å². The topological polar surface area (TPSA) is 112 Å². The van der Waals surface area contributed by atoms with Crippen molar-refractivity contribution in [1.82, 2.24) is 19.9 Å². The normalized spacial score (nSPS) is 10.9. The minimum atomic E-state index is 0.182. The van der Waals surface area contributed by atoms with Crippen LogP contribution < -0.4 is 15.4 Å². The van der Waals surface area contributed by atoms with E-state index in [0.29, 0.717) is 36.1 Å². The summed E-state index contributed by atoms with van der Waals surface area (Å²) >= 11 is 0. The van der Waals surface area contributed by atoms with Gasteiger partial charge in [-0.15, -0.1) is 0 Å². The Bertz CT molecular complexity index is 1030. The van der Waals surface area contributed by atoms with Crippen molar-refractivity contribution in [2.24, 2.45) is 0 Å². The van der Waals surface area contributed by atoms with E-state index in [1.165, 1.54) is 0 Å². The van der Waals surface area contributed by atoms with Gasteiger partial charge in [-0.2, -0.15) is 0 Å². The number of hydrogen-bond acceptors (Lipinski definition) is 7. The summed E-state index contributed by atoms with van der Waals surface area (Å²) in [5, 5.41) is 15.2. The molecule has 0 fully saturated rings. The lowest BCUT2D eigenvalue weighted by Gasteiger charge is -2.20. The Balaban J connectivity index is 2.10. The van der Waals surface area contributed by atoms with Gasteiger partial charge in [0.05, 0.1) is 47.2 Å². The SMILES string of the molecule is CCOc1ncccc1-c1cc(NCc2c[nH]c(C)n2)c(NC(C)C)c(C(C)=N)n1. The average molecular weight is 408 g/mol. The summed E-state index contributed by atoms with van der Waals surface area (Å²) in [7, 11) is 0. The Morgan fingerprint density at radius 2 is 2.10 bits per heavy atom. The number of aryl methyl sites for hydroxylation is 1. The molecule has 3 aromatic rings. The molecule has 0 saturated heterocycles. The highest BCUT2D eigenvalue weighted by atomic mass is 16.5. The van der Waals surface area contributed by atoms with E-state index in [9.17, 15) is 0 Å². The van der Waals surface area contributed by atoms with Crippen LogP contribution in [0.4, 0.5) is 11.4 Å². The molecule has 0 aliphatic heterocycles. The highest BCUT2D eigenvalue weighted by Crippen LogP contribution is 2.34. The van der Waals surface area contributed by atoms with Crippen molar-refractivity contribution in [3.05, 3.63) is 47.8 Å². The van der Waals surface area contributed by atoms with E-state index >= 15 is 0 Å². The number of nitrogens with zero attached hydrogens (tertiary/aromatic N) is 3. The largest absolute Gasteiger partial charge is 0.477 e. The summed E-state index contributed by atoms with van der Waals surface area (Å²) in [6.45, 7) is 10.8. The van der Waals surface area contributed by atoms with Crippen LogP contribution in [0.1, 0.15) is 44.9 Å². The van der Waals surface area contributed by atoms with Gasteiger partial charge in [0.25, 0.3) is 0 Å². The minimum Gasteiger partial charge on any atom is -0.477 e. The average Bonchev–Trinajstić information content (AvgIpc) is 3.12. The number of imidazole rings is 1. The zero-order chi connectivity index (χ0) is 21.7. The molecule has 3 heterocycles. The summed E-state index contributed by atoms with van der Waals surface area (Å²) in [5.74, 6) is 1.40. The van der Waals surface area contributed by atoms with Gasteiger partial charge in [0.15, 0.2) is 0 Å². The second-order valence-electron chi connectivity index (χ2n) is 7.32. The van der Waals surface area contributed by atoms with Crippen LogP contribution in [-0.2, 0) is 6.54 Å². The first-order valence-electron chi connectivity index (χ1n) is 10.1. The molecule has 0 radical (unpaired) electrons. The molecule has 0 atom stereocenters. The van der Waals surface area contributed by atoms with E-state index in [1.807, 2.05) is 38.2 Å². The molecule has 3 rings (SSSR count). The van der Waals surface area contributed by atoms with Gasteiger partial charge in [0, 0.05) is 18.4 Å². The highest BCUT2D eigenvalue weighted by molar-refractivity contribution is 6.03. The predicted octanol–water partition coefficient (Wildman–Crippen LogP) is 4.39. The molecule has 0 amide bonds. The molecule has 0 spiro atoms.